The van der Waals surface area contributed by atoms with E-state index in [-0.39, 0.29) is 28.7 Å². The second-order valence-corrected chi connectivity index (χ2v) is 19.7. The van der Waals surface area contributed by atoms with Gasteiger partial charge in [0, 0.05) is 37.7 Å². The van der Waals surface area contributed by atoms with Gasteiger partial charge in [-0.1, -0.05) is 80.6 Å². The molecule has 8 rings (SSSR count). The normalized spacial score (nSPS) is 34.8. The minimum absolute atomic E-state index is 0.0120. The smallest absolute Gasteiger partial charge is 0.338 e. The van der Waals surface area contributed by atoms with Crippen LogP contribution in [-0.2, 0) is 52.3 Å². The van der Waals surface area contributed by atoms with Crippen LogP contribution in [0.15, 0.2) is 102 Å². The number of carbonyl (C=O) groups excluding carboxylic acids is 6. The Hall–Kier alpha value is -5.90. The van der Waals surface area contributed by atoms with E-state index in [2.05, 4.69) is 5.32 Å². The predicted molar refractivity (Wildman–Crippen MR) is 244 cm³/mol. The third-order valence-electron chi connectivity index (χ3n) is 15.2. The SMILES string of the molecule is CC(=O)O[C@H]1C(=O)[C@]2(C)[C@@H](OC3OC[C@H](O)[C@@H](O)[C@@H]3O)C[C@H]3OC[C@@]3(OC(C)=O)[C@H]2[C@H](OC(=O)c2ccccc2)[C@]2(O)C[C@H](OC(=O)[C@H](O)C(NC(=O)c3ccccc3)c3ccccc3)C(C)=C1C2(C)C. The first-order valence-corrected chi connectivity index (χ1v) is 23.4. The molecule has 15 atom stereocenters. The van der Waals surface area contributed by atoms with E-state index in [9.17, 15) is 49.5 Å². The van der Waals surface area contributed by atoms with Crippen LogP contribution in [0.2, 0.25) is 0 Å². The van der Waals surface area contributed by atoms with E-state index in [0.29, 0.717) is 5.56 Å². The summed E-state index contributed by atoms with van der Waals surface area (Å²) in [5.74, 6) is -7.31. The maximum absolute atomic E-state index is 16.2. The Morgan fingerprint density at radius 1 is 0.789 bits per heavy atom. The number of amides is 1. The molecule has 0 radical (unpaired) electrons. The van der Waals surface area contributed by atoms with Crippen molar-refractivity contribution >= 4 is 35.6 Å². The van der Waals surface area contributed by atoms with Gasteiger partial charge in [-0.3, -0.25) is 19.2 Å². The molecule has 19 nitrogen and oxygen atoms in total. The molecule has 5 aliphatic rings. The van der Waals surface area contributed by atoms with Gasteiger partial charge in [0.25, 0.3) is 5.91 Å². The summed E-state index contributed by atoms with van der Waals surface area (Å²) < 4.78 is 43.1. The second kappa shape index (κ2) is 19.6. The number of rotatable bonds is 12. The number of ketones is 1. The summed E-state index contributed by atoms with van der Waals surface area (Å²) in [5, 5.41) is 60.8. The Kier molecular flexibility index (Phi) is 14.2. The number of fused-ring (bicyclic) bond motifs is 5. The third kappa shape index (κ3) is 8.96. The molecule has 3 aromatic carbocycles. The molecule has 2 saturated carbocycles. The molecule has 4 fully saturated rings. The number of esters is 4. The van der Waals surface area contributed by atoms with Gasteiger partial charge in [-0.2, -0.15) is 0 Å². The first kappa shape index (κ1) is 51.5. The van der Waals surface area contributed by atoms with Crippen molar-refractivity contribution in [2.24, 2.45) is 16.7 Å². The molecule has 2 unspecified atom stereocenters. The summed E-state index contributed by atoms with van der Waals surface area (Å²) in [4.78, 5) is 85.6. The van der Waals surface area contributed by atoms with Crippen LogP contribution in [0.1, 0.15) is 86.7 Å². The van der Waals surface area contributed by atoms with Crippen molar-refractivity contribution in [2.45, 2.75) is 133 Å². The van der Waals surface area contributed by atoms with E-state index in [1.165, 1.54) is 39.8 Å². The van der Waals surface area contributed by atoms with Gasteiger partial charge < -0.3 is 64.0 Å². The summed E-state index contributed by atoms with van der Waals surface area (Å²) in [6.07, 6.45) is -17.9. The first-order valence-electron chi connectivity index (χ1n) is 23.4. The van der Waals surface area contributed by atoms with Crippen LogP contribution in [0.5, 0.6) is 0 Å². The monoisotopic (exact) mass is 985 g/mol. The summed E-state index contributed by atoms with van der Waals surface area (Å²) in [6, 6.07) is 22.6. The van der Waals surface area contributed by atoms with Crippen molar-refractivity contribution < 1.29 is 87.5 Å². The minimum atomic E-state index is -2.51. The lowest BCUT2D eigenvalue weighted by molar-refractivity contribution is -0.366. The average molecular weight is 986 g/mol. The Morgan fingerprint density at radius 2 is 1.39 bits per heavy atom. The first-order chi connectivity index (χ1) is 33.6. The lowest BCUT2D eigenvalue weighted by Crippen LogP contribution is -2.82. The molecule has 3 aliphatic carbocycles. The molecule has 71 heavy (non-hydrogen) atoms. The number of Topliss-reactive ketones (excluding diaryl/α,β-unsaturated/α-hetero) is 1. The highest BCUT2D eigenvalue weighted by Crippen LogP contribution is 2.65. The van der Waals surface area contributed by atoms with Crippen LogP contribution < -0.4 is 5.32 Å². The van der Waals surface area contributed by atoms with E-state index >= 15 is 4.79 Å². The molecular weight excluding hydrogens is 927 g/mol. The topological polar surface area (TPSA) is 280 Å². The predicted octanol–water partition coefficient (Wildman–Crippen LogP) is 2.20. The van der Waals surface area contributed by atoms with Crippen LogP contribution in [0.3, 0.4) is 0 Å². The highest BCUT2D eigenvalue weighted by atomic mass is 16.7. The van der Waals surface area contributed by atoms with Gasteiger partial charge in [0.2, 0.25) is 0 Å². The van der Waals surface area contributed by atoms with Crippen molar-refractivity contribution in [3.63, 3.8) is 0 Å². The lowest BCUT2D eigenvalue weighted by atomic mass is 9.44. The number of nitrogens with one attached hydrogen (secondary N) is 1. The van der Waals surface area contributed by atoms with Gasteiger partial charge in [0.15, 0.2) is 29.9 Å². The summed E-state index contributed by atoms with van der Waals surface area (Å²) in [5.41, 5.74) is -7.76. The molecule has 2 aliphatic heterocycles. The number of carbonyl (C=O) groups is 6. The summed E-state index contributed by atoms with van der Waals surface area (Å²) in [7, 11) is 0. The fourth-order valence-electron chi connectivity index (χ4n) is 11.4. The van der Waals surface area contributed by atoms with Crippen LogP contribution in [0.25, 0.3) is 0 Å². The summed E-state index contributed by atoms with van der Waals surface area (Å²) >= 11 is 0. The molecular formula is C52H59NO18. The van der Waals surface area contributed by atoms with Crippen LogP contribution >= 0.6 is 0 Å². The maximum atomic E-state index is 16.2. The number of benzene rings is 3. The Labute approximate surface area is 409 Å². The molecule has 6 N–H and O–H groups in total. The number of hydrogen-bond donors (Lipinski definition) is 6. The van der Waals surface area contributed by atoms with E-state index in [1.807, 2.05) is 0 Å². The van der Waals surface area contributed by atoms with E-state index in [4.69, 9.17) is 33.2 Å². The molecule has 380 valence electrons. The minimum Gasteiger partial charge on any atom is -0.456 e. The highest BCUT2D eigenvalue weighted by Gasteiger charge is 2.79. The van der Waals surface area contributed by atoms with Gasteiger partial charge in [0.05, 0.1) is 42.3 Å². The molecule has 2 saturated heterocycles. The Balaban J connectivity index is 1.30. The number of aliphatic hydroxyl groups is 5. The fourth-order valence-corrected chi connectivity index (χ4v) is 11.4. The fraction of sp³-hybridized carbons (Fsp3) is 0.500. The standard InChI is InChI=1S/C52H59NO18/c1-26-33(68-47(63)39(58)37(29-16-10-7-11-17-29)53-45(61)30-18-12-8-13-19-30)23-52(64)44(70-46(62)31-20-14-9-15-21-31)42-50(6,43(60)41(67-27(2)54)36(26)49(52,4)5)34(22-35-51(42,25-66-35)71-28(3)55)69-48-40(59)38(57)32(56)24-65-48/h7-21,32-35,37-42,44,48,56-59,64H,22-25H2,1-6H3,(H,53,61)/t32-,33-,34-,35+,37?,38+,39+,40-,41+,42-,44-,48?,50+,51-,52+/m0/s1. The molecule has 0 aromatic heterocycles. The van der Waals surface area contributed by atoms with Crippen molar-refractivity contribution in [1.82, 2.24) is 5.32 Å². The second-order valence-electron chi connectivity index (χ2n) is 19.7. The van der Waals surface area contributed by atoms with Gasteiger partial charge in [0.1, 0.15) is 42.2 Å². The van der Waals surface area contributed by atoms with Crippen LogP contribution in [0, 0.1) is 16.7 Å². The third-order valence-corrected chi connectivity index (χ3v) is 15.2. The molecule has 0 spiro atoms. The van der Waals surface area contributed by atoms with E-state index in [0.717, 1.165) is 13.8 Å². The Morgan fingerprint density at radius 3 is 1.97 bits per heavy atom. The zero-order valence-electron chi connectivity index (χ0n) is 40.0. The van der Waals surface area contributed by atoms with E-state index in [1.54, 1.807) is 78.9 Å². The molecule has 2 heterocycles. The van der Waals surface area contributed by atoms with Gasteiger partial charge in [-0.15, -0.1) is 0 Å². The lowest BCUT2D eigenvalue weighted by Gasteiger charge is -2.68. The largest absolute Gasteiger partial charge is 0.456 e. The van der Waals surface area contributed by atoms with Gasteiger partial charge >= 0.3 is 23.9 Å². The number of hydrogen-bond acceptors (Lipinski definition) is 18. The van der Waals surface area contributed by atoms with Crippen molar-refractivity contribution in [1.29, 1.82) is 0 Å². The highest BCUT2D eigenvalue weighted by molar-refractivity contribution is 5.96. The average Bonchev–Trinajstić information content (AvgIpc) is 3.34. The van der Waals surface area contributed by atoms with Crippen molar-refractivity contribution in [3.05, 3.63) is 119 Å². The molecule has 2 bridgehead atoms. The zero-order chi connectivity index (χ0) is 51.4. The van der Waals surface area contributed by atoms with Crippen molar-refractivity contribution in [2.75, 3.05) is 13.2 Å². The van der Waals surface area contributed by atoms with Crippen LogP contribution in [-0.4, -0.2) is 147 Å². The number of ether oxygens (including phenoxy) is 7. The van der Waals surface area contributed by atoms with Gasteiger partial charge in [-0.05, 0) is 54.8 Å². The number of aliphatic hydroxyl groups excluding tert-OH is 4. The van der Waals surface area contributed by atoms with Crippen LogP contribution in [0.4, 0.5) is 0 Å². The molecule has 3 aromatic rings. The van der Waals surface area contributed by atoms with E-state index < -0.39 is 150 Å². The quantitative estimate of drug-likeness (QED) is 0.0862. The summed E-state index contributed by atoms with van der Waals surface area (Å²) in [6.45, 7) is 7.24. The molecule has 19 heteroatoms. The molecule has 1 amide bonds. The maximum Gasteiger partial charge on any atom is 0.338 e. The van der Waals surface area contributed by atoms with Gasteiger partial charge in [-0.25, -0.2) is 9.59 Å². The zero-order valence-corrected chi connectivity index (χ0v) is 40.0. The Bertz CT molecular complexity index is 2560. The van der Waals surface area contributed by atoms with Crippen molar-refractivity contribution in [3.8, 4) is 0 Å².